The molecule has 1 aliphatic carbocycles. The molecule has 0 radical (unpaired) electrons. The third kappa shape index (κ3) is 3.97. The van der Waals surface area contributed by atoms with E-state index in [2.05, 4.69) is 26.0 Å². The molecule has 3 N–H and O–H groups in total. The number of benzene rings is 1. The number of nitrogens with two attached hydrogens (primary N) is 1. The van der Waals surface area contributed by atoms with E-state index in [1.807, 2.05) is 12.1 Å². The minimum absolute atomic E-state index is 0.129. The average Bonchev–Trinajstić information content (AvgIpc) is 3.26. The van der Waals surface area contributed by atoms with Gasteiger partial charge in [-0.2, -0.15) is 9.61 Å². The summed E-state index contributed by atoms with van der Waals surface area (Å²) in [6.45, 7) is 0. The number of halogens is 2. The summed E-state index contributed by atoms with van der Waals surface area (Å²) in [6.07, 6.45) is 6.20. The lowest BCUT2D eigenvalue weighted by molar-refractivity contribution is -0.142. The zero-order valence-corrected chi connectivity index (χ0v) is 19.2. The van der Waals surface area contributed by atoms with Gasteiger partial charge in [0.2, 0.25) is 0 Å². The van der Waals surface area contributed by atoms with E-state index in [0.717, 1.165) is 40.9 Å². The predicted octanol–water partition coefficient (Wildman–Crippen LogP) is 5.30. The van der Waals surface area contributed by atoms with Gasteiger partial charge in [-0.05, 0) is 71.9 Å². The zero-order chi connectivity index (χ0) is 23.1. The first-order chi connectivity index (χ1) is 15.9. The van der Waals surface area contributed by atoms with Gasteiger partial charge >= 0.3 is 5.97 Å². The topological polar surface area (TPSA) is 106 Å². The molecule has 3 aromatic heterocycles. The van der Waals surface area contributed by atoms with Crippen molar-refractivity contribution in [3.8, 4) is 22.4 Å². The fourth-order valence-corrected chi connectivity index (χ4v) is 5.03. The number of hydrogen-bond acceptors (Lipinski definition) is 5. The number of hydrogen-bond donors (Lipinski definition) is 2. The van der Waals surface area contributed by atoms with Gasteiger partial charge in [-0.15, -0.1) is 0 Å². The van der Waals surface area contributed by atoms with Crippen LogP contribution in [0.25, 0.3) is 28.0 Å². The van der Waals surface area contributed by atoms with E-state index in [-0.39, 0.29) is 17.7 Å². The van der Waals surface area contributed by atoms with Crippen molar-refractivity contribution >= 4 is 33.4 Å². The highest BCUT2D eigenvalue weighted by atomic mass is 79.9. The summed E-state index contributed by atoms with van der Waals surface area (Å²) in [4.78, 5) is 20.8. The summed E-state index contributed by atoms with van der Waals surface area (Å²) in [5.74, 6) is -0.729. The molecule has 1 saturated carbocycles. The summed E-state index contributed by atoms with van der Waals surface area (Å²) >= 11 is 3.58. The fraction of sp³-hybridized carbons (Fsp3) is 0.250. The highest BCUT2D eigenvalue weighted by Crippen LogP contribution is 2.40. The standard InChI is InChI=1S/C24H21BrFN5O2/c25-20-21(14-1-3-15(4-2-14)24(32)33)30-23-18(12-29-31(23)22(20)27)16-7-10-19(28-11-16)13-5-8-17(26)9-6-13/h5-12,14-15H,1-4,27H2,(H,32,33)/t14-,15-. The van der Waals surface area contributed by atoms with Crippen LogP contribution in [0.2, 0.25) is 0 Å². The second-order valence-electron chi connectivity index (χ2n) is 8.32. The summed E-state index contributed by atoms with van der Waals surface area (Å²) < 4.78 is 15.5. The Morgan fingerprint density at radius 3 is 2.39 bits per heavy atom. The van der Waals surface area contributed by atoms with Crippen molar-refractivity contribution in [3.63, 3.8) is 0 Å². The second kappa shape index (κ2) is 8.55. The Bertz CT molecular complexity index is 1330. The van der Waals surface area contributed by atoms with Gasteiger partial charge in [0.25, 0.3) is 0 Å². The van der Waals surface area contributed by atoms with E-state index < -0.39 is 5.97 Å². The van der Waals surface area contributed by atoms with Crippen molar-refractivity contribution in [2.45, 2.75) is 31.6 Å². The smallest absolute Gasteiger partial charge is 0.306 e. The molecule has 1 aliphatic rings. The molecule has 5 rings (SSSR count). The van der Waals surface area contributed by atoms with Gasteiger partial charge in [0, 0.05) is 28.8 Å². The average molecular weight is 510 g/mol. The third-order valence-electron chi connectivity index (χ3n) is 6.33. The number of carboxylic acid groups (broad SMARTS) is 1. The molecule has 1 aromatic carbocycles. The van der Waals surface area contributed by atoms with Crippen LogP contribution in [0.1, 0.15) is 37.3 Å². The molecule has 4 aromatic rings. The Balaban J connectivity index is 1.49. The number of pyridine rings is 1. The van der Waals surface area contributed by atoms with E-state index >= 15 is 0 Å². The summed E-state index contributed by atoms with van der Waals surface area (Å²) in [6, 6.07) is 10.0. The Kier molecular flexibility index (Phi) is 5.57. The van der Waals surface area contributed by atoms with Gasteiger partial charge in [0.05, 0.1) is 28.0 Å². The monoisotopic (exact) mass is 509 g/mol. The molecule has 168 valence electrons. The number of nitrogen functional groups attached to an aromatic ring is 1. The summed E-state index contributed by atoms with van der Waals surface area (Å²) in [5.41, 5.74) is 11.0. The number of anilines is 1. The number of nitrogens with zero attached hydrogens (tertiary/aromatic N) is 4. The maximum atomic E-state index is 13.2. The van der Waals surface area contributed by atoms with Crippen LogP contribution in [-0.2, 0) is 4.79 Å². The van der Waals surface area contributed by atoms with Crippen molar-refractivity contribution in [1.29, 1.82) is 0 Å². The van der Waals surface area contributed by atoms with Crippen molar-refractivity contribution in [2.24, 2.45) is 5.92 Å². The van der Waals surface area contributed by atoms with Crippen molar-refractivity contribution < 1.29 is 14.3 Å². The van der Waals surface area contributed by atoms with Crippen LogP contribution in [0.15, 0.2) is 53.3 Å². The molecule has 1 fully saturated rings. The molecule has 9 heteroatoms. The maximum Gasteiger partial charge on any atom is 0.306 e. The quantitative estimate of drug-likeness (QED) is 0.386. The van der Waals surface area contributed by atoms with Gasteiger partial charge in [-0.3, -0.25) is 9.78 Å². The van der Waals surface area contributed by atoms with Crippen LogP contribution in [0, 0.1) is 11.7 Å². The number of fused-ring (bicyclic) bond motifs is 1. The van der Waals surface area contributed by atoms with Gasteiger partial charge in [-0.1, -0.05) is 6.07 Å². The summed E-state index contributed by atoms with van der Waals surface area (Å²) in [5, 5.41) is 13.7. The summed E-state index contributed by atoms with van der Waals surface area (Å²) in [7, 11) is 0. The van der Waals surface area contributed by atoms with E-state index in [9.17, 15) is 14.3 Å². The predicted molar refractivity (Wildman–Crippen MR) is 126 cm³/mol. The van der Waals surface area contributed by atoms with Crippen LogP contribution < -0.4 is 5.73 Å². The van der Waals surface area contributed by atoms with E-state index in [1.165, 1.54) is 12.1 Å². The number of carboxylic acids is 1. The van der Waals surface area contributed by atoms with E-state index in [4.69, 9.17) is 10.7 Å². The maximum absolute atomic E-state index is 13.2. The minimum atomic E-state index is -0.731. The molecule has 0 amide bonds. The lowest BCUT2D eigenvalue weighted by atomic mass is 9.80. The number of aliphatic carboxylic acids is 1. The van der Waals surface area contributed by atoms with Gasteiger partial charge in [0.15, 0.2) is 5.65 Å². The van der Waals surface area contributed by atoms with Crippen LogP contribution in [0.5, 0.6) is 0 Å². The molecule has 3 heterocycles. The Morgan fingerprint density at radius 1 is 1.06 bits per heavy atom. The van der Waals surface area contributed by atoms with Crippen molar-refractivity contribution in [2.75, 3.05) is 5.73 Å². The zero-order valence-electron chi connectivity index (χ0n) is 17.6. The lowest BCUT2D eigenvalue weighted by Crippen LogP contribution is -2.21. The number of carbonyl (C=O) groups is 1. The first-order valence-corrected chi connectivity index (χ1v) is 11.5. The van der Waals surface area contributed by atoms with E-state index in [1.54, 1.807) is 29.0 Å². The van der Waals surface area contributed by atoms with Gasteiger partial charge in [-0.25, -0.2) is 9.37 Å². The molecular formula is C24H21BrFN5O2. The molecule has 0 bridgehead atoms. The molecule has 0 atom stereocenters. The van der Waals surface area contributed by atoms with Gasteiger partial charge < -0.3 is 10.8 Å². The highest BCUT2D eigenvalue weighted by molar-refractivity contribution is 9.10. The largest absolute Gasteiger partial charge is 0.481 e. The highest BCUT2D eigenvalue weighted by Gasteiger charge is 2.30. The van der Waals surface area contributed by atoms with E-state index in [0.29, 0.717) is 28.8 Å². The number of rotatable bonds is 4. The molecule has 0 saturated heterocycles. The van der Waals surface area contributed by atoms with Gasteiger partial charge in [0.1, 0.15) is 11.6 Å². The fourth-order valence-electron chi connectivity index (χ4n) is 4.45. The minimum Gasteiger partial charge on any atom is -0.481 e. The van der Waals surface area contributed by atoms with Crippen LogP contribution in [0.3, 0.4) is 0 Å². The Morgan fingerprint density at radius 2 is 1.76 bits per heavy atom. The Hall–Kier alpha value is -3.33. The molecule has 0 aliphatic heterocycles. The molecular weight excluding hydrogens is 489 g/mol. The molecule has 0 unspecified atom stereocenters. The first kappa shape index (κ1) is 21.5. The van der Waals surface area contributed by atoms with Crippen molar-refractivity contribution in [3.05, 3.63) is 64.8 Å². The Labute approximate surface area is 197 Å². The molecule has 33 heavy (non-hydrogen) atoms. The van der Waals surface area contributed by atoms with Crippen LogP contribution in [-0.4, -0.2) is 30.7 Å². The van der Waals surface area contributed by atoms with Crippen LogP contribution in [0.4, 0.5) is 10.2 Å². The first-order valence-electron chi connectivity index (χ1n) is 10.7. The lowest BCUT2D eigenvalue weighted by Gasteiger charge is -2.26. The van der Waals surface area contributed by atoms with Crippen molar-refractivity contribution in [1.82, 2.24) is 19.6 Å². The van der Waals surface area contributed by atoms with Crippen LogP contribution >= 0.6 is 15.9 Å². The SMILES string of the molecule is Nc1c(Br)c([C@H]2CC[C@H](C(=O)O)CC2)nc2c(-c3ccc(-c4ccc(F)cc4)nc3)cnn12. The molecule has 0 spiro atoms. The normalized spacial score (nSPS) is 18.5. The molecule has 7 nitrogen and oxygen atoms in total. The number of aromatic nitrogens is 4. The third-order valence-corrected chi connectivity index (χ3v) is 7.14. The second-order valence-corrected chi connectivity index (χ2v) is 9.11.